The fraction of sp³-hybridized carbons (Fsp3) is 0.632. The minimum atomic E-state index is -0.198. The zero-order chi connectivity index (χ0) is 18.1. The van der Waals surface area contributed by atoms with Crippen LogP contribution in [-0.2, 0) is 11.3 Å². The molecule has 1 aliphatic heterocycles. The van der Waals surface area contributed by atoms with Crippen LogP contribution in [0.2, 0.25) is 0 Å². The third-order valence-electron chi connectivity index (χ3n) is 4.44. The van der Waals surface area contributed by atoms with Crippen LogP contribution in [0.4, 0.5) is 4.39 Å². The van der Waals surface area contributed by atoms with Crippen LogP contribution in [0.25, 0.3) is 0 Å². The summed E-state index contributed by atoms with van der Waals surface area (Å²) >= 11 is 0. The summed E-state index contributed by atoms with van der Waals surface area (Å²) in [5.41, 5.74) is 0.636. The molecule has 2 rings (SSSR count). The first-order valence-corrected chi connectivity index (χ1v) is 9.10. The van der Waals surface area contributed by atoms with Gasteiger partial charge in [-0.25, -0.2) is 4.39 Å². The molecule has 0 amide bonds. The maximum Gasteiger partial charge on any atom is 0.191 e. The van der Waals surface area contributed by atoms with E-state index < -0.39 is 0 Å². The molecule has 5 nitrogen and oxygen atoms in total. The number of morpholine rings is 1. The molecule has 0 aliphatic carbocycles. The van der Waals surface area contributed by atoms with Crippen LogP contribution in [0.15, 0.2) is 29.3 Å². The smallest absolute Gasteiger partial charge is 0.191 e. The molecular formula is C19H32FIN4O. The Hall–Kier alpha value is -0.930. The minimum Gasteiger partial charge on any atom is -0.379 e. The first kappa shape index (κ1) is 23.1. The molecule has 0 saturated carbocycles. The molecule has 0 radical (unpaired) electrons. The van der Waals surface area contributed by atoms with Crippen molar-refractivity contribution >= 4 is 29.9 Å². The number of ether oxygens (including phenoxy) is 1. The van der Waals surface area contributed by atoms with Gasteiger partial charge in [0.25, 0.3) is 0 Å². The molecule has 0 spiro atoms. The van der Waals surface area contributed by atoms with Gasteiger partial charge in [-0.3, -0.25) is 9.89 Å². The largest absolute Gasteiger partial charge is 0.379 e. The van der Waals surface area contributed by atoms with Crippen LogP contribution in [0.5, 0.6) is 0 Å². The Morgan fingerprint density at radius 1 is 1.23 bits per heavy atom. The van der Waals surface area contributed by atoms with E-state index in [1.807, 2.05) is 6.07 Å². The third-order valence-corrected chi connectivity index (χ3v) is 4.44. The van der Waals surface area contributed by atoms with E-state index in [9.17, 15) is 4.39 Å². The summed E-state index contributed by atoms with van der Waals surface area (Å²) in [5, 5.41) is 6.59. The van der Waals surface area contributed by atoms with Gasteiger partial charge < -0.3 is 15.4 Å². The maximum absolute atomic E-state index is 13.7. The van der Waals surface area contributed by atoms with Crippen LogP contribution in [0.1, 0.15) is 25.8 Å². The number of rotatable bonds is 7. The summed E-state index contributed by atoms with van der Waals surface area (Å²) in [7, 11) is 1.74. The molecule has 1 unspecified atom stereocenters. The van der Waals surface area contributed by atoms with Gasteiger partial charge in [-0.1, -0.05) is 32.0 Å². The van der Waals surface area contributed by atoms with Crippen molar-refractivity contribution in [3.63, 3.8) is 0 Å². The van der Waals surface area contributed by atoms with E-state index in [1.165, 1.54) is 6.07 Å². The van der Waals surface area contributed by atoms with Gasteiger partial charge in [0.2, 0.25) is 0 Å². The quantitative estimate of drug-likeness (QED) is 0.360. The van der Waals surface area contributed by atoms with Crippen LogP contribution in [-0.4, -0.2) is 56.8 Å². The lowest BCUT2D eigenvalue weighted by Crippen LogP contribution is -2.51. The van der Waals surface area contributed by atoms with Gasteiger partial charge in [-0.2, -0.15) is 0 Å². The van der Waals surface area contributed by atoms with Crippen molar-refractivity contribution in [3.05, 3.63) is 35.6 Å². The predicted octanol–water partition coefficient (Wildman–Crippen LogP) is 2.86. The molecule has 1 heterocycles. The number of nitrogens with one attached hydrogen (secondary N) is 2. The van der Waals surface area contributed by atoms with Gasteiger partial charge >= 0.3 is 0 Å². The average molecular weight is 478 g/mol. The van der Waals surface area contributed by atoms with Crippen molar-refractivity contribution in [1.29, 1.82) is 0 Å². The van der Waals surface area contributed by atoms with Gasteiger partial charge in [-0.05, 0) is 18.4 Å². The van der Waals surface area contributed by atoms with Crippen LogP contribution in [0.3, 0.4) is 0 Å². The zero-order valence-corrected chi connectivity index (χ0v) is 18.3. The van der Waals surface area contributed by atoms with Crippen molar-refractivity contribution in [2.75, 3.05) is 39.9 Å². The van der Waals surface area contributed by atoms with E-state index in [0.29, 0.717) is 30.0 Å². The molecule has 26 heavy (non-hydrogen) atoms. The SMILES string of the molecule is CN=C(NCc1ccccc1F)NCC(CC(C)C)N1CCOCC1.I. The third kappa shape index (κ3) is 7.75. The van der Waals surface area contributed by atoms with Crippen molar-refractivity contribution in [2.24, 2.45) is 10.9 Å². The molecular weight excluding hydrogens is 446 g/mol. The second kappa shape index (κ2) is 12.5. The maximum atomic E-state index is 13.7. The number of hydrogen-bond acceptors (Lipinski definition) is 3. The van der Waals surface area contributed by atoms with Gasteiger partial charge in [-0.15, -0.1) is 24.0 Å². The molecule has 1 saturated heterocycles. The molecule has 0 aromatic heterocycles. The number of hydrogen-bond donors (Lipinski definition) is 2. The Labute approximate surface area is 173 Å². The monoisotopic (exact) mass is 478 g/mol. The van der Waals surface area contributed by atoms with E-state index >= 15 is 0 Å². The van der Waals surface area contributed by atoms with E-state index in [1.54, 1.807) is 19.2 Å². The van der Waals surface area contributed by atoms with Crippen LogP contribution >= 0.6 is 24.0 Å². The zero-order valence-electron chi connectivity index (χ0n) is 16.0. The highest BCUT2D eigenvalue weighted by atomic mass is 127. The van der Waals surface area contributed by atoms with Crippen molar-refractivity contribution in [1.82, 2.24) is 15.5 Å². The fourth-order valence-electron chi connectivity index (χ4n) is 3.10. The van der Waals surface area contributed by atoms with E-state index in [0.717, 1.165) is 39.3 Å². The second-order valence-corrected chi connectivity index (χ2v) is 6.83. The topological polar surface area (TPSA) is 48.9 Å². The lowest BCUT2D eigenvalue weighted by atomic mass is 10.0. The number of halogens is 2. The summed E-state index contributed by atoms with van der Waals surface area (Å²) in [6, 6.07) is 7.24. The predicted molar refractivity (Wildman–Crippen MR) is 116 cm³/mol. The van der Waals surface area contributed by atoms with Crippen LogP contribution < -0.4 is 10.6 Å². The number of benzene rings is 1. The Kier molecular flexibility index (Phi) is 11.1. The Morgan fingerprint density at radius 3 is 2.54 bits per heavy atom. The average Bonchev–Trinajstić information content (AvgIpc) is 2.62. The summed E-state index contributed by atoms with van der Waals surface area (Å²) in [4.78, 5) is 6.74. The van der Waals surface area contributed by atoms with E-state index in [4.69, 9.17) is 4.74 Å². The van der Waals surface area contributed by atoms with E-state index in [2.05, 4.69) is 34.4 Å². The molecule has 2 N–H and O–H groups in total. The molecule has 148 valence electrons. The molecule has 7 heteroatoms. The standard InChI is InChI=1S/C19H31FN4O.HI/c1-15(2)12-17(24-8-10-25-11-9-24)14-23-19(21-3)22-13-16-6-4-5-7-18(16)20;/h4-7,15,17H,8-14H2,1-3H3,(H2,21,22,23);1H. The highest BCUT2D eigenvalue weighted by molar-refractivity contribution is 14.0. The van der Waals surface area contributed by atoms with Gasteiger partial charge in [0.1, 0.15) is 5.82 Å². The second-order valence-electron chi connectivity index (χ2n) is 6.83. The number of guanidine groups is 1. The van der Waals surface area contributed by atoms with Gasteiger partial charge in [0.05, 0.1) is 13.2 Å². The molecule has 1 aliphatic rings. The summed E-state index contributed by atoms with van der Waals surface area (Å²) in [6.45, 7) is 9.27. The first-order chi connectivity index (χ1) is 12.1. The van der Waals surface area contributed by atoms with Crippen LogP contribution in [0, 0.1) is 11.7 Å². The molecule has 1 aromatic carbocycles. The molecule has 1 fully saturated rings. The molecule has 1 atom stereocenters. The van der Waals surface area contributed by atoms with E-state index in [-0.39, 0.29) is 29.8 Å². The number of nitrogens with zero attached hydrogens (tertiary/aromatic N) is 2. The molecule has 0 bridgehead atoms. The van der Waals surface area contributed by atoms with Gasteiger partial charge in [0.15, 0.2) is 5.96 Å². The van der Waals surface area contributed by atoms with Crippen molar-refractivity contribution in [2.45, 2.75) is 32.9 Å². The summed E-state index contributed by atoms with van der Waals surface area (Å²) in [5.74, 6) is 1.13. The Bertz CT molecular complexity index is 550. The first-order valence-electron chi connectivity index (χ1n) is 9.10. The normalized spacial score (nSPS) is 16.9. The lowest BCUT2D eigenvalue weighted by Gasteiger charge is -2.35. The van der Waals surface area contributed by atoms with Gasteiger partial charge in [0, 0.05) is 44.8 Å². The highest BCUT2D eigenvalue weighted by Gasteiger charge is 2.22. The summed E-state index contributed by atoms with van der Waals surface area (Å²) in [6.07, 6.45) is 1.12. The lowest BCUT2D eigenvalue weighted by molar-refractivity contribution is 0.0132. The van der Waals surface area contributed by atoms with Crippen molar-refractivity contribution < 1.29 is 9.13 Å². The fourth-order valence-corrected chi connectivity index (χ4v) is 3.10. The Balaban J connectivity index is 0.00000338. The Morgan fingerprint density at radius 2 is 1.92 bits per heavy atom. The number of aliphatic imine (C=N–C) groups is 1. The van der Waals surface area contributed by atoms with Crippen molar-refractivity contribution in [3.8, 4) is 0 Å². The highest BCUT2D eigenvalue weighted by Crippen LogP contribution is 2.13. The minimum absolute atomic E-state index is 0. The summed E-state index contributed by atoms with van der Waals surface area (Å²) < 4.78 is 19.2. The molecule has 1 aromatic rings.